The zero-order valence-electron chi connectivity index (χ0n) is 19.7. The Hall–Kier alpha value is -3.33. The minimum Gasteiger partial charge on any atom is -0.465 e. The number of carbonyl (C=O) groups excluding carboxylic acids is 4. The van der Waals surface area contributed by atoms with Gasteiger partial charge in [0, 0.05) is 30.2 Å². The first kappa shape index (κ1) is 23.8. The number of hydrogen-bond acceptors (Lipinski definition) is 6. The molecule has 3 amide bonds. The quantitative estimate of drug-likeness (QED) is 0.476. The molecule has 8 nitrogen and oxygen atoms in total. The highest BCUT2D eigenvalue weighted by atomic mass is 32.2. The lowest BCUT2D eigenvalue weighted by Gasteiger charge is -2.18. The molecule has 34 heavy (non-hydrogen) atoms. The molecule has 0 bridgehead atoms. The molecule has 0 N–H and O–H groups in total. The van der Waals surface area contributed by atoms with Crippen LogP contribution in [0.1, 0.15) is 45.7 Å². The molecule has 4 rings (SSSR count). The molecule has 0 aliphatic carbocycles. The van der Waals surface area contributed by atoms with Crippen molar-refractivity contribution in [2.75, 3.05) is 26.7 Å². The Balaban J connectivity index is 1.59. The molecule has 2 aromatic rings. The second kappa shape index (κ2) is 9.50. The summed E-state index contributed by atoms with van der Waals surface area (Å²) in [6, 6.07) is 7.31. The Morgan fingerprint density at radius 2 is 1.79 bits per heavy atom. The van der Waals surface area contributed by atoms with Gasteiger partial charge < -0.3 is 14.2 Å². The average Bonchev–Trinajstić information content (AvgIpc) is 3.50. The van der Waals surface area contributed by atoms with Gasteiger partial charge in [-0.3, -0.25) is 19.3 Å². The average molecular weight is 482 g/mol. The van der Waals surface area contributed by atoms with E-state index in [-0.39, 0.29) is 12.5 Å². The van der Waals surface area contributed by atoms with Crippen LogP contribution in [0.25, 0.3) is 11.8 Å². The van der Waals surface area contributed by atoms with Gasteiger partial charge in [-0.1, -0.05) is 0 Å². The molecule has 178 valence electrons. The number of imide groups is 1. The number of aryl methyl sites for hydroxylation is 2. The standard InChI is InChI=1S/C25H27N3O5S/c1-15-11-18(24(31)33-4)7-8-20(15)28-16(2)12-19(17(28)3)13-21-23(30)27(25(32)34-21)14-22(29)26-9-5-6-10-26/h7-8,11-13H,5-6,9-10,14H2,1-4H3/b21-13+. The van der Waals surface area contributed by atoms with E-state index in [4.69, 9.17) is 4.74 Å². The van der Waals surface area contributed by atoms with Crippen LogP contribution in [0.2, 0.25) is 0 Å². The van der Waals surface area contributed by atoms with Crippen molar-refractivity contribution >= 4 is 40.9 Å². The number of ether oxygens (including phenoxy) is 1. The van der Waals surface area contributed by atoms with Gasteiger partial charge in [0.05, 0.1) is 17.6 Å². The number of likely N-dealkylation sites (tertiary alicyclic amines) is 1. The van der Waals surface area contributed by atoms with Crippen molar-refractivity contribution in [1.29, 1.82) is 0 Å². The van der Waals surface area contributed by atoms with Gasteiger partial charge in [-0.25, -0.2) is 4.79 Å². The zero-order chi connectivity index (χ0) is 24.6. The van der Waals surface area contributed by atoms with Crippen molar-refractivity contribution < 1.29 is 23.9 Å². The highest BCUT2D eigenvalue weighted by Gasteiger charge is 2.37. The van der Waals surface area contributed by atoms with E-state index in [1.54, 1.807) is 23.1 Å². The number of benzene rings is 1. The number of aromatic nitrogens is 1. The molecule has 3 heterocycles. The van der Waals surface area contributed by atoms with Crippen molar-refractivity contribution in [2.45, 2.75) is 33.6 Å². The first-order chi connectivity index (χ1) is 16.2. The number of amides is 3. The Labute approximate surface area is 202 Å². The summed E-state index contributed by atoms with van der Waals surface area (Å²) < 4.78 is 6.85. The topological polar surface area (TPSA) is 88.9 Å². The maximum Gasteiger partial charge on any atom is 0.337 e. The number of methoxy groups -OCH3 is 1. The molecule has 0 radical (unpaired) electrons. The summed E-state index contributed by atoms with van der Waals surface area (Å²) in [5.41, 5.74) is 4.94. The monoisotopic (exact) mass is 481 g/mol. The van der Waals surface area contributed by atoms with Gasteiger partial charge in [0.15, 0.2) is 0 Å². The largest absolute Gasteiger partial charge is 0.465 e. The number of rotatable bonds is 5. The summed E-state index contributed by atoms with van der Waals surface area (Å²) in [7, 11) is 1.35. The van der Waals surface area contributed by atoms with Gasteiger partial charge in [-0.05, 0) is 86.8 Å². The third-order valence-corrected chi connectivity index (χ3v) is 7.15. The van der Waals surface area contributed by atoms with E-state index in [1.807, 2.05) is 37.5 Å². The molecule has 0 unspecified atom stereocenters. The van der Waals surface area contributed by atoms with E-state index < -0.39 is 17.1 Å². The minimum absolute atomic E-state index is 0.190. The summed E-state index contributed by atoms with van der Waals surface area (Å²) in [5.74, 6) is -1.02. The maximum absolute atomic E-state index is 12.9. The number of esters is 1. The minimum atomic E-state index is -0.439. The second-order valence-corrected chi connectivity index (χ2v) is 9.50. The van der Waals surface area contributed by atoms with Crippen LogP contribution in [-0.4, -0.2) is 64.1 Å². The molecule has 2 aliphatic heterocycles. The Bertz CT molecular complexity index is 1220. The summed E-state index contributed by atoms with van der Waals surface area (Å²) in [5, 5.41) is -0.424. The van der Waals surface area contributed by atoms with Crippen molar-refractivity contribution in [2.24, 2.45) is 0 Å². The van der Waals surface area contributed by atoms with Gasteiger partial charge >= 0.3 is 5.97 Å². The highest BCUT2D eigenvalue weighted by molar-refractivity contribution is 8.18. The van der Waals surface area contributed by atoms with E-state index in [0.717, 1.165) is 57.7 Å². The fourth-order valence-corrected chi connectivity index (χ4v) is 5.26. The first-order valence-electron chi connectivity index (χ1n) is 11.1. The smallest absolute Gasteiger partial charge is 0.337 e. The molecule has 2 aliphatic rings. The Morgan fingerprint density at radius 3 is 2.44 bits per heavy atom. The van der Waals surface area contributed by atoms with Gasteiger partial charge in [0.25, 0.3) is 11.1 Å². The molecule has 2 fully saturated rings. The molecule has 1 aromatic heterocycles. The normalized spacial score (nSPS) is 17.2. The van der Waals surface area contributed by atoms with E-state index in [1.165, 1.54) is 7.11 Å². The predicted molar refractivity (Wildman–Crippen MR) is 130 cm³/mol. The van der Waals surface area contributed by atoms with E-state index in [2.05, 4.69) is 0 Å². The fraction of sp³-hybridized carbons (Fsp3) is 0.360. The molecule has 1 aromatic carbocycles. The molecule has 9 heteroatoms. The molecule has 0 saturated carbocycles. The maximum atomic E-state index is 12.9. The van der Waals surface area contributed by atoms with Gasteiger partial charge in [0.2, 0.25) is 5.91 Å². The van der Waals surface area contributed by atoms with Crippen LogP contribution in [0.3, 0.4) is 0 Å². The van der Waals surface area contributed by atoms with Gasteiger partial charge in [0.1, 0.15) is 6.54 Å². The summed E-state index contributed by atoms with van der Waals surface area (Å²) in [4.78, 5) is 52.7. The lowest BCUT2D eigenvalue weighted by atomic mass is 10.1. The summed E-state index contributed by atoms with van der Waals surface area (Å²) in [6.07, 6.45) is 3.62. The first-order valence-corrected chi connectivity index (χ1v) is 11.9. The van der Waals surface area contributed by atoms with Crippen molar-refractivity contribution in [3.8, 4) is 5.69 Å². The Kier molecular flexibility index (Phi) is 6.65. The van der Waals surface area contributed by atoms with Gasteiger partial charge in [-0.2, -0.15) is 0 Å². The van der Waals surface area contributed by atoms with E-state index >= 15 is 0 Å². The van der Waals surface area contributed by atoms with Crippen LogP contribution in [0.4, 0.5) is 4.79 Å². The summed E-state index contributed by atoms with van der Waals surface area (Å²) >= 11 is 0.859. The third kappa shape index (κ3) is 4.40. The highest BCUT2D eigenvalue weighted by Crippen LogP contribution is 2.34. The van der Waals surface area contributed by atoms with Crippen LogP contribution in [0.15, 0.2) is 29.2 Å². The van der Waals surface area contributed by atoms with Crippen LogP contribution >= 0.6 is 11.8 Å². The van der Waals surface area contributed by atoms with Crippen LogP contribution < -0.4 is 0 Å². The number of hydrogen-bond donors (Lipinski definition) is 0. The number of nitrogens with zero attached hydrogens (tertiary/aromatic N) is 3. The van der Waals surface area contributed by atoms with E-state index in [9.17, 15) is 19.2 Å². The molecule has 2 saturated heterocycles. The zero-order valence-corrected chi connectivity index (χ0v) is 20.5. The number of carbonyl (C=O) groups is 4. The lowest BCUT2D eigenvalue weighted by molar-refractivity contribution is -0.135. The predicted octanol–water partition coefficient (Wildman–Crippen LogP) is 3.85. The summed E-state index contributed by atoms with van der Waals surface area (Å²) in [6.45, 7) is 6.95. The van der Waals surface area contributed by atoms with Crippen LogP contribution in [0.5, 0.6) is 0 Å². The van der Waals surface area contributed by atoms with E-state index in [0.29, 0.717) is 23.6 Å². The molecular weight excluding hydrogens is 454 g/mol. The SMILES string of the molecule is COC(=O)c1ccc(-n2c(C)cc(/C=C3/SC(=O)N(CC(=O)N4CCCC4)C3=O)c2C)c(C)c1. The van der Waals surface area contributed by atoms with Crippen molar-refractivity contribution in [3.05, 3.63) is 57.2 Å². The van der Waals surface area contributed by atoms with Crippen LogP contribution in [-0.2, 0) is 14.3 Å². The Morgan fingerprint density at radius 1 is 1.09 bits per heavy atom. The third-order valence-electron chi connectivity index (χ3n) is 6.24. The number of thioether (sulfide) groups is 1. The van der Waals surface area contributed by atoms with Crippen molar-refractivity contribution in [3.63, 3.8) is 0 Å². The molecule has 0 spiro atoms. The lowest BCUT2D eigenvalue weighted by Crippen LogP contribution is -2.40. The second-order valence-electron chi connectivity index (χ2n) is 8.51. The molecular formula is C25H27N3O5S. The van der Waals surface area contributed by atoms with Gasteiger partial charge in [-0.15, -0.1) is 0 Å². The van der Waals surface area contributed by atoms with Crippen LogP contribution in [0, 0.1) is 20.8 Å². The fourth-order valence-electron chi connectivity index (χ4n) is 4.43. The molecule has 0 atom stereocenters. The van der Waals surface area contributed by atoms with Crippen molar-refractivity contribution in [1.82, 2.24) is 14.4 Å².